The molecule has 4 saturated carbocycles. The smallest absolute Gasteiger partial charge is 0.0543 e. The summed E-state index contributed by atoms with van der Waals surface area (Å²) in [5.41, 5.74) is 0. The molecule has 4 aliphatic rings. The van der Waals surface area contributed by atoms with Crippen LogP contribution in [-0.4, -0.2) is 11.2 Å². The first kappa shape index (κ1) is 12.7. The second kappa shape index (κ2) is 5.06. The van der Waals surface area contributed by atoms with Crippen molar-refractivity contribution in [2.45, 2.75) is 76.7 Å². The van der Waals surface area contributed by atoms with Crippen molar-refractivity contribution < 1.29 is 5.11 Å². The number of hydrogen-bond acceptors (Lipinski definition) is 1. The predicted molar refractivity (Wildman–Crippen MR) is 77.7 cm³/mol. The van der Waals surface area contributed by atoms with E-state index < -0.39 is 0 Å². The second-order valence-electron chi connectivity index (χ2n) is 8.17. The highest BCUT2D eigenvalue weighted by Gasteiger charge is 2.46. The van der Waals surface area contributed by atoms with Crippen molar-refractivity contribution in [3.05, 3.63) is 0 Å². The molecule has 0 spiro atoms. The Bertz CT molecular complexity index is 326. The maximum Gasteiger partial charge on any atom is 0.0543 e. The van der Waals surface area contributed by atoms with Gasteiger partial charge in [0, 0.05) is 0 Å². The molecule has 0 aromatic rings. The van der Waals surface area contributed by atoms with Gasteiger partial charge in [0.15, 0.2) is 0 Å². The van der Waals surface area contributed by atoms with E-state index in [0.29, 0.717) is 0 Å². The molecule has 0 radical (unpaired) electrons. The zero-order valence-corrected chi connectivity index (χ0v) is 12.3. The van der Waals surface area contributed by atoms with Crippen LogP contribution in [0, 0.1) is 35.5 Å². The highest BCUT2D eigenvalue weighted by molar-refractivity contribution is 4.96. The first-order valence-corrected chi connectivity index (χ1v) is 8.99. The summed E-state index contributed by atoms with van der Waals surface area (Å²) < 4.78 is 0. The van der Waals surface area contributed by atoms with E-state index in [2.05, 4.69) is 0 Å². The molecule has 108 valence electrons. The Balaban J connectivity index is 1.54. The van der Waals surface area contributed by atoms with Crippen molar-refractivity contribution in [3.8, 4) is 0 Å². The van der Waals surface area contributed by atoms with Crippen LogP contribution < -0.4 is 0 Å². The minimum atomic E-state index is 0.0284. The van der Waals surface area contributed by atoms with Crippen molar-refractivity contribution in [2.75, 3.05) is 0 Å². The molecule has 1 nitrogen and oxygen atoms in total. The molecule has 0 bridgehead atoms. The molecule has 1 N–H and O–H groups in total. The van der Waals surface area contributed by atoms with E-state index in [1.54, 1.807) is 19.3 Å². The van der Waals surface area contributed by atoms with E-state index in [1.165, 1.54) is 38.5 Å². The van der Waals surface area contributed by atoms with Crippen LogP contribution in [0.1, 0.15) is 70.6 Å². The standard InChI is InChI=1S/C18H30O/c19-16-7-8-17-15(10-16)6-2-5-14-9-12-3-1-4-13(12)11-18(14)17/h12-19H,1-11H2. The lowest BCUT2D eigenvalue weighted by Crippen LogP contribution is -2.38. The van der Waals surface area contributed by atoms with Gasteiger partial charge in [-0.05, 0) is 67.6 Å². The Morgan fingerprint density at radius 2 is 1.16 bits per heavy atom. The molecule has 0 amide bonds. The Kier molecular flexibility index (Phi) is 3.38. The predicted octanol–water partition coefficient (Wildman–Crippen LogP) is 4.39. The fraction of sp³-hybridized carbons (Fsp3) is 1.00. The van der Waals surface area contributed by atoms with Gasteiger partial charge < -0.3 is 5.11 Å². The maximum atomic E-state index is 9.99. The minimum absolute atomic E-state index is 0.0284. The lowest BCUT2D eigenvalue weighted by Gasteiger charge is -2.45. The van der Waals surface area contributed by atoms with Crippen LogP contribution in [0.2, 0.25) is 0 Å². The first-order chi connectivity index (χ1) is 9.31. The van der Waals surface area contributed by atoms with E-state index in [9.17, 15) is 5.11 Å². The lowest BCUT2D eigenvalue weighted by molar-refractivity contribution is 0.00933. The van der Waals surface area contributed by atoms with E-state index in [-0.39, 0.29) is 6.10 Å². The molecular formula is C18H30O. The molecule has 1 heteroatoms. The molecule has 7 atom stereocenters. The van der Waals surface area contributed by atoms with Crippen molar-refractivity contribution in [2.24, 2.45) is 35.5 Å². The molecule has 7 unspecified atom stereocenters. The highest BCUT2D eigenvalue weighted by atomic mass is 16.3. The average Bonchev–Trinajstić information content (AvgIpc) is 2.78. The molecular weight excluding hydrogens is 232 g/mol. The Hall–Kier alpha value is -0.0400. The number of rotatable bonds is 0. The summed E-state index contributed by atoms with van der Waals surface area (Å²) in [5, 5.41) is 9.99. The lowest BCUT2D eigenvalue weighted by atomic mass is 9.60. The maximum absolute atomic E-state index is 9.99. The third-order valence-corrected chi connectivity index (χ3v) is 7.32. The van der Waals surface area contributed by atoms with Crippen LogP contribution in [0.4, 0.5) is 0 Å². The van der Waals surface area contributed by atoms with Gasteiger partial charge in [0.1, 0.15) is 0 Å². The number of fused-ring (bicyclic) bond motifs is 4. The number of aliphatic hydroxyl groups is 1. The SMILES string of the molecule is OC1CCC2C(CCCC3CC4CCCC4CC32)C1. The van der Waals surface area contributed by atoms with E-state index >= 15 is 0 Å². The summed E-state index contributed by atoms with van der Waals surface area (Å²) in [5.74, 6) is 6.15. The van der Waals surface area contributed by atoms with E-state index in [4.69, 9.17) is 0 Å². The minimum Gasteiger partial charge on any atom is -0.393 e. The van der Waals surface area contributed by atoms with Gasteiger partial charge in [-0.25, -0.2) is 0 Å². The molecule has 4 aliphatic carbocycles. The Morgan fingerprint density at radius 3 is 1.95 bits per heavy atom. The molecule has 4 fully saturated rings. The van der Waals surface area contributed by atoms with Gasteiger partial charge in [-0.3, -0.25) is 0 Å². The third-order valence-electron chi connectivity index (χ3n) is 7.32. The fourth-order valence-electron chi connectivity index (χ4n) is 6.50. The number of hydrogen-bond donors (Lipinski definition) is 1. The zero-order chi connectivity index (χ0) is 12.8. The molecule has 0 heterocycles. The summed E-state index contributed by atoms with van der Waals surface area (Å²) in [6.07, 6.45) is 15.7. The number of aliphatic hydroxyl groups excluding tert-OH is 1. The fourth-order valence-corrected chi connectivity index (χ4v) is 6.50. The van der Waals surface area contributed by atoms with Crippen molar-refractivity contribution in [1.29, 1.82) is 0 Å². The Morgan fingerprint density at radius 1 is 0.526 bits per heavy atom. The Labute approximate surface area is 118 Å². The monoisotopic (exact) mass is 262 g/mol. The molecule has 0 aliphatic heterocycles. The van der Waals surface area contributed by atoms with Gasteiger partial charge in [0.2, 0.25) is 0 Å². The summed E-state index contributed by atoms with van der Waals surface area (Å²) in [6, 6.07) is 0. The molecule has 0 aromatic heterocycles. The van der Waals surface area contributed by atoms with Crippen LogP contribution in [0.15, 0.2) is 0 Å². The summed E-state index contributed by atoms with van der Waals surface area (Å²) in [7, 11) is 0. The van der Waals surface area contributed by atoms with Crippen LogP contribution in [0.25, 0.3) is 0 Å². The summed E-state index contributed by atoms with van der Waals surface area (Å²) in [6.45, 7) is 0. The van der Waals surface area contributed by atoms with Gasteiger partial charge in [-0.1, -0.05) is 38.5 Å². The topological polar surface area (TPSA) is 20.2 Å². The highest BCUT2D eigenvalue weighted by Crippen LogP contribution is 2.55. The van der Waals surface area contributed by atoms with E-state index in [1.807, 2.05) is 0 Å². The zero-order valence-electron chi connectivity index (χ0n) is 12.3. The third kappa shape index (κ3) is 2.26. The molecule has 19 heavy (non-hydrogen) atoms. The summed E-state index contributed by atoms with van der Waals surface area (Å²) in [4.78, 5) is 0. The van der Waals surface area contributed by atoms with E-state index in [0.717, 1.165) is 48.3 Å². The quantitative estimate of drug-likeness (QED) is 0.686. The van der Waals surface area contributed by atoms with Gasteiger partial charge in [-0.15, -0.1) is 0 Å². The summed E-state index contributed by atoms with van der Waals surface area (Å²) >= 11 is 0. The van der Waals surface area contributed by atoms with Crippen LogP contribution >= 0.6 is 0 Å². The van der Waals surface area contributed by atoms with Gasteiger partial charge in [0.05, 0.1) is 6.10 Å². The van der Waals surface area contributed by atoms with Gasteiger partial charge >= 0.3 is 0 Å². The van der Waals surface area contributed by atoms with Crippen LogP contribution in [-0.2, 0) is 0 Å². The van der Waals surface area contributed by atoms with Gasteiger partial charge in [0.25, 0.3) is 0 Å². The van der Waals surface area contributed by atoms with Crippen molar-refractivity contribution >= 4 is 0 Å². The molecule has 4 rings (SSSR count). The normalized spacial score (nSPS) is 53.8. The van der Waals surface area contributed by atoms with Gasteiger partial charge in [-0.2, -0.15) is 0 Å². The van der Waals surface area contributed by atoms with Crippen molar-refractivity contribution in [1.82, 2.24) is 0 Å². The first-order valence-electron chi connectivity index (χ1n) is 8.99. The second-order valence-corrected chi connectivity index (χ2v) is 8.17. The van der Waals surface area contributed by atoms with Crippen LogP contribution in [0.5, 0.6) is 0 Å². The van der Waals surface area contributed by atoms with Crippen LogP contribution in [0.3, 0.4) is 0 Å². The molecule has 0 saturated heterocycles. The van der Waals surface area contributed by atoms with Crippen molar-refractivity contribution in [3.63, 3.8) is 0 Å². The average molecular weight is 262 g/mol. The molecule has 0 aromatic carbocycles. The largest absolute Gasteiger partial charge is 0.393 e.